The van der Waals surface area contributed by atoms with Gasteiger partial charge in [-0.05, 0) is 38.1 Å². The van der Waals surface area contributed by atoms with Crippen molar-refractivity contribution in [2.24, 2.45) is 5.92 Å². The van der Waals surface area contributed by atoms with Crippen molar-refractivity contribution in [1.29, 1.82) is 0 Å². The van der Waals surface area contributed by atoms with Gasteiger partial charge in [-0.25, -0.2) is 0 Å². The molecule has 0 amide bonds. The van der Waals surface area contributed by atoms with Crippen LogP contribution in [0.2, 0.25) is 0 Å². The third-order valence-electron chi connectivity index (χ3n) is 3.41. The van der Waals surface area contributed by atoms with Crippen LogP contribution in [0.15, 0.2) is 0 Å². The van der Waals surface area contributed by atoms with Gasteiger partial charge >= 0.3 is 0 Å². The van der Waals surface area contributed by atoms with Crippen molar-refractivity contribution in [3.8, 4) is 0 Å². The molecule has 16 heavy (non-hydrogen) atoms. The minimum atomic E-state index is 0.778. The first-order valence-corrected chi connectivity index (χ1v) is 7.53. The third-order valence-corrected chi connectivity index (χ3v) is 3.41. The Bertz CT molecular complexity index is 119. The third kappa shape index (κ3) is 7.27. The highest BCUT2D eigenvalue weighted by molar-refractivity contribution is 4.76. The summed E-state index contributed by atoms with van der Waals surface area (Å²) in [4.78, 5) is 0. The molecule has 0 saturated heterocycles. The summed E-state index contributed by atoms with van der Waals surface area (Å²) in [7, 11) is 0. The second kappa shape index (κ2) is 11.4. The zero-order valence-electron chi connectivity index (χ0n) is 12.0. The van der Waals surface area contributed by atoms with Crippen molar-refractivity contribution in [3.63, 3.8) is 0 Å². The molecule has 0 aliphatic rings. The summed E-state index contributed by atoms with van der Waals surface area (Å²) in [6.07, 6.45) is 10.8. The molecule has 1 heteroatoms. The zero-order chi connectivity index (χ0) is 12.2. The molecule has 0 heterocycles. The van der Waals surface area contributed by atoms with Crippen LogP contribution < -0.4 is 5.32 Å². The monoisotopic (exact) mass is 227 g/mol. The highest BCUT2D eigenvalue weighted by atomic mass is 14.9. The van der Waals surface area contributed by atoms with Gasteiger partial charge in [0.25, 0.3) is 0 Å². The maximum absolute atomic E-state index is 3.77. The van der Waals surface area contributed by atoms with E-state index in [9.17, 15) is 0 Å². The number of rotatable bonds is 11. The second-order valence-corrected chi connectivity index (χ2v) is 5.04. The van der Waals surface area contributed by atoms with Crippen molar-refractivity contribution in [1.82, 2.24) is 5.32 Å². The maximum atomic E-state index is 3.77. The molecule has 0 spiro atoms. The standard InChI is InChI=1S/C15H33N/c1-5-9-12-15(16-13-8-4)14(10-6-2)11-7-3/h14-16H,5-13H2,1-4H3. The molecule has 98 valence electrons. The van der Waals surface area contributed by atoms with E-state index >= 15 is 0 Å². The SMILES string of the molecule is CCCCC(NCCC)C(CCC)CCC. The lowest BCUT2D eigenvalue weighted by Crippen LogP contribution is -2.36. The molecule has 0 aliphatic carbocycles. The van der Waals surface area contributed by atoms with E-state index < -0.39 is 0 Å². The summed E-state index contributed by atoms with van der Waals surface area (Å²) in [6, 6.07) is 0.778. The normalized spacial score (nSPS) is 13.3. The van der Waals surface area contributed by atoms with Gasteiger partial charge in [-0.15, -0.1) is 0 Å². The maximum Gasteiger partial charge on any atom is 0.00953 e. The summed E-state index contributed by atoms with van der Waals surface area (Å²) >= 11 is 0. The summed E-state index contributed by atoms with van der Waals surface area (Å²) in [6.45, 7) is 10.4. The second-order valence-electron chi connectivity index (χ2n) is 5.04. The van der Waals surface area contributed by atoms with Crippen LogP contribution >= 0.6 is 0 Å². The Kier molecular flexibility index (Phi) is 11.4. The Balaban J connectivity index is 4.15. The highest BCUT2D eigenvalue weighted by Crippen LogP contribution is 2.21. The Morgan fingerprint density at radius 2 is 1.38 bits per heavy atom. The average molecular weight is 227 g/mol. The molecule has 0 saturated carbocycles. The van der Waals surface area contributed by atoms with E-state index in [2.05, 4.69) is 33.0 Å². The Labute approximate surface area is 103 Å². The quantitative estimate of drug-likeness (QED) is 0.536. The lowest BCUT2D eigenvalue weighted by molar-refractivity contribution is 0.292. The van der Waals surface area contributed by atoms with Gasteiger partial charge in [0.05, 0.1) is 0 Å². The largest absolute Gasteiger partial charge is 0.314 e. The fraction of sp³-hybridized carbons (Fsp3) is 1.00. The van der Waals surface area contributed by atoms with E-state index in [-0.39, 0.29) is 0 Å². The Morgan fingerprint density at radius 3 is 1.81 bits per heavy atom. The molecule has 0 aromatic rings. The molecule has 1 atom stereocenters. The number of hydrogen-bond donors (Lipinski definition) is 1. The van der Waals surface area contributed by atoms with Gasteiger partial charge in [-0.1, -0.05) is 53.4 Å². The molecule has 0 aromatic heterocycles. The first-order valence-electron chi connectivity index (χ1n) is 7.53. The van der Waals surface area contributed by atoms with Gasteiger partial charge in [0, 0.05) is 6.04 Å². The minimum Gasteiger partial charge on any atom is -0.314 e. The molecule has 0 rings (SSSR count). The number of nitrogens with one attached hydrogen (secondary N) is 1. The molecular weight excluding hydrogens is 194 g/mol. The molecular formula is C15H33N. The smallest absolute Gasteiger partial charge is 0.00953 e. The Morgan fingerprint density at radius 1 is 0.750 bits per heavy atom. The highest BCUT2D eigenvalue weighted by Gasteiger charge is 2.18. The number of unbranched alkanes of at least 4 members (excludes halogenated alkanes) is 1. The van der Waals surface area contributed by atoms with E-state index in [1.54, 1.807) is 0 Å². The van der Waals surface area contributed by atoms with Gasteiger partial charge in [0.1, 0.15) is 0 Å². The van der Waals surface area contributed by atoms with E-state index in [4.69, 9.17) is 0 Å². The topological polar surface area (TPSA) is 12.0 Å². The minimum absolute atomic E-state index is 0.778. The van der Waals surface area contributed by atoms with Gasteiger partial charge < -0.3 is 5.32 Å². The van der Waals surface area contributed by atoms with Crippen molar-refractivity contribution >= 4 is 0 Å². The molecule has 0 fully saturated rings. The van der Waals surface area contributed by atoms with Gasteiger partial charge in [0.2, 0.25) is 0 Å². The fourth-order valence-electron chi connectivity index (χ4n) is 2.55. The number of hydrogen-bond acceptors (Lipinski definition) is 1. The van der Waals surface area contributed by atoms with E-state index in [1.165, 1.54) is 57.9 Å². The molecule has 0 bridgehead atoms. The van der Waals surface area contributed by atoms with Gasteiger partial charge in [0.15, 0.2) is 0 Å². The molecule has 0 aliphatic heterocycles. The van der Waals surface area contributed by atoms with Crippen LogP contribution in [0.25, 0.3) is 0 Å². The summed E-state index contributed by atoms with van der Waals surface area (Å²) in [5, 5.41) is 3.77. The van der Waals surface area contributed by atoms with Gasteiger partial charge in [-0.3, -0.25) is 0 Å². The van der Waals surface area contributed by atoms with Crippen molar-refractivity contribution in [2.45, 2.75) is 85.1 Å². The van der Waals surface area contributed by atoms with Crippen LogP contribution in [-0.4, -0.2) is 12.6 Å². The lowest BCUT2D eigenvalue weighted by atomic mass is 9.87. The van der Waals surface area contributed by atoms with Crippen LogP contribution in [-0.2, 0) is 0 Å². The first-order chi connectivity index (χ1) is 7.79. The van der Waals surface area contributed by atoms with E-state index in [0.29, 0.717) is 0 Å². The van der Waals surface area contributed by atoms with Crippen LogP contribution in [0.3, 0.4) is 0 Å². The van der Waals surface area contributed by atoms with Gasteiger partial charge in [-0.2, -0.15) is 0 Å². The summed E-state index contributed by atoms with van der Waals surface area (Å²) in [5.74, 6) is 0.910. The van der Waals surface area contributed by atoms with Crippen molar-refractivity contribution in [3.05, 3.63) is 0 Å². The van der Waals surface area contributed by atoms with E-state index in [0.717, 1.165) is 12.0 Å². The molecule has 1 nitrogen and oxygen atoms in total. The predicted octanol–water partition coefficient (Wildman–Crippen LogP) is 4.76. The first kappa shape index (κ1) is 16.0. The van der Waals surface area contributed by atoms with Crippen LogP contribution in [0, 0.1) is 5.92 Å². The fourth-order valence-corrected chi connectivity index (χ4v) is 2.55. The lowest BCUT2D eigenvalue weighted by Gasteiger charge is -2.28. The summed E-state index contributed by atoms with van der Waals surface area (Å²) < 4.78 is 0. The van der Waals surface area contributed by atoms with E-state index in [1.807, 2.05) is 0 Å². The van der Waals surface area contributed by atoms with Crippen LogP contribution in [0.5, 0.6) is 0 Å². The molecule has 1 N–H and O–H groups in total. The zero-order valence-corrected chi connectivity index (χ0v) is 12.0. The summed E-state index contributed by atoms with van der Waals surface area (Å²) in [5.41, 5.74) is 0. The molecule has 0 aromatic carbocycles. The predicted molar refractivity (Wildman–Crippen MR) is 74.9 cm³/mol. The van der Waals surface area contributed by atoms with Crippen molar-refractivity contribution < 1.29 is 0 Å². The molecule has 0 radical (unpaired) electrons. The van der Waals surface area contributed by atoms with Crippen LogP contribution in [0.1, 0.15) is 79.1 Å². The average Bonchev–Trinajstić information content (AvgIpc) is 2.29. The Hall–Kier alpha value is -0.0400. The van der Waals surface area contributed by atoms with Crippen LogP contribution in [0.4, 0.5) is 0 Å². The van der Waals surface area contributed by atoms with Crippen molar-refractivity contribution in [2.75, 3.05) is 6.54 Å². The molecule has 1 unspecified atom stereocenters.